The first-order chi connectivity index (χ1) is 12.0. The Morgan fingerprint density at radius 2 is 1.76 bits per heavy atom. The van der Waals surface area contributed by atoms with E-state index in [1.54, 1.807) is 43.5 Å². The van der Waals surface area contributed by atoms with Crippen molar-refractivity contribution in [3.05, 3.63) is 65.7 Å². The van der Waals surface area contributed by atoms with Crippen molar-refractivity contribution in [2.24, 2.45) is 0 Å². The van der Waals surface area contributed by atoms with E-state index in [-0.39, 0.29) is 17.4 Å². The number of aromatic nitrogens is 2. The number of pyridine rings is 1. The predicted molar refractivity (Wildman–Crippen MR) is 93.2 cm³/mol. The third-order valence-corrected chi connectivity index (χ3v) is 3.45. The third-order valence-electron chi connectivity index (χ3n) is 3.45. The lowest BCUT2D eigenvalue weighted by Gasteiger charge is -2.07. The molecule has 7 heteroatoms. The maximum absolute atomic E-state index is 12.1. The van der Waals surface area contributed by atoms with Gasteiger partial charge >= 0.3 is 0 Å². The van der Waals surface area contributed by atoms with Gasteiger partial charge in [-0.05, 0) is 50.2 Å². The highest BCUT2D eigenvalue weighted by atomic mass is 16.5. The van der Waals surface area contributed by atoms with Gasteiger partial charge in [0.1, 0.15) is 11.5 Å². The van der Waals surface area contributed by atoms with Crippen LogP contribution in [0.1, 0.15) is 33.5 Å². The Morgan fingerprint density at radius 3 is 2.32 bits per heavy atom. The summed E-state index contributed by atoms with van der Waals surface area (Å²) in [6.45, 7) is 3.26. The van der Waals surface area contributed by atoms with E-state index >= 15 is 0 Å². The number of carbonyl (C=O) groups excluding carboxylic acids is 2. The zero-order chi connectivity index (χ0) is 17.8. The SMILES string of the molecule is CC(=O)c1ccc(Nc2ccc(C(=O)Nc3cc(C)on3)nc2)cc1. The fourth-order valence-corrected chi connectivity index (χ4v) is 2.16. The molecule has 0 spiro atoms. The number of benzene rings is 1. The molecule has 126 valence electrons. The Balaban J connectivity index is 1.65. The lowest BCUT2D eigenvalue weighted by atomic mass is 10.1. The number of nitrogens with one attached hydrogen (secondary N) is 2. The van der Waals surface area contributed by atoms with Gasteiger partial charge in [-0.1, -0.05) is 5.16 Å². The van der Waals surface area contributed by atoms with Crippen LogP contribution in [0.4, 0.5) is 17.2 Å². The van der Waals surface area contributed by atoms with Gasteiger partial charge in [0, 0.05) is 17.3 Å². The zero-order valence-electron chi connectivity index (χ0n) is 13.7. The summed E-state index contributed by atoms with van der Waals surface area (Å²) in [4.78, 5) is 27.5. The lowest BCUT2D eigenvalue weighted by molar-refractivity contribution is 0.101. The van der Waals surface area contributed by atoms with Crippen LogP contribution in [-0.4, -0.2) is 21.8 Å². The first-order valence-corrected chi connectivity index (χ1v) is 7.60. The first-order valence-electron chi connectivity index (χ1n) is 7.60. The van der Waals surface area contributed by atoms with Gasteiger partial charge < -0.3 is 15.2 Å². The summed E-state index contributed by atoms with van der Waals surface area (Å²) in [5.74, 6) is 0.604. The molecule has 0 aliphatic rings. The fourth-order valence-electron chi connectivity index (χ4n) is 2.16. The van der Waals surface area contributed by atoms with Crippen molar-refractivity contribution in [2.75, 3.05) is 10.6 Å². The van der Waals surface area contributed by atoms with E-state index in [9.17, 15) is 9.59 Å². The normalized spacial score (nSPS) is 10.3. The van der Waals surface area contributed by atoms with Crippen LogP contribution in [-0.2, 0) is 0 Å². The standard InChI is InChI=1S/C18H16N4O3/c1-11-9-17(22-25-11)21-18(24)16-8-7-15(10-19-16)20-14-5-3-13(4-6-14)12(2)23/h3-10,20H,1-2H3,(H,21,22,24). The lowest BCUT2D eigenvalue weighted by Crippen LogP contribution is -2.13. The molecule has 1 aromatic carbocycles. The minimum atomic E-state index is -0.370. The van der Waals surface area contributed by atoms with Crippen molar-refractivity contribution in [1.82, 2.24) is 10.1 Å². The molecular weight excluding hydrogens is 320 g/mol. The van der Waals surface area contributed by atoms with Crippen LogP contribution in [0.5, 0.6) is 0 Å². The highest BCUT2D eigenvalue weighted by molar-refractivity contribution is 6.02. The van der Waals surface area contributed by atoms with Gasteiger partial charge in [-0.3, -0.25) is 9.59 Å². The van der Waals surface area contributed by atoms with Crippen molar-refractivity contribution in [3.8, 4) is 0 Å². The van der Waals surface area contributed by atoms with Crippen molar-refractivity contribution in [2.45, 2.75) is 13.8 Å². The van der Waals surface area contributed by atoms with Gasteiger partial charge in [-0.15, -0.1) is 0 Å². The van der Waals surface area contributed by atoms with Crippen LogP contribution in [0.3, 0.4) is 0 Å². The maximum Gasteiger partial charge on any atom is 0.275 e. The highest BCUT2D eigenvalue weighted by Gasteiger charge is 2.10. The van der Waals surface area contributed by atoms with Gasteiger partial charge in [-0.25, -0.2) is 4.98 Å². The van der Waals surface area contributed by atoms with Crippen LogP contribution in [0.2, 0.25) is 0 Å². The minimum absolute atomic E-state index is 0.0193. The highest BCUT2D eigenvalue weighted by Crippen LogP contribution is 2.17. The van der Waals surface area contributed by atoms with Crippen LogP contribution in [0, 0.1) is 6.92 Å². The molecule has 0 saturated carbocycles. The van der Waals surface area contributed by atoms with Crippen molar-refractivity contribution >= 4 is 28.9 Å². The molecule has 3 aromatic rings. The van der Waals surface area contributed by atoms with Gasteiger partial charge in [0.15, 0.2) is 11.6 Å². The molecular formula is C18H16N4O3. The first kappa shape index (κ1) is 16.4. The van der Waals surface area contributed by atoms with E-state index in [2.05, 4.69) is 20.8 Å². The number of hydrogen-bond acceptors (Lipinski definition) is 6. The Morgan fingerprint density at radius 1 is 1.04 bits per heavy atom. The summed E-state index contributed by atoms with van der Waals surface area (Å²) < 4.78 is 4.89. The number of anilines is 3. The van der Waals surface area contributed by atoms with Crippen LogP contribution in [0.25, 0.3) is 0 Å². The average molecular weight is 336 g/mol. The summed E-state index contributed by atoms with van der Waals surface area (Å²) in [5.41, 5.74) is 2.46. The molecule has 7 nitrogen and oxygen atoms in total. The van der Waals surface area contributed by atoms with E-state index in [0.29, 0.717) is 17.1 Å². The number of carbonyl (C=O) groups is 2. The number of amides is 1. The minimum Gasteiger partial charge on any atom is -0.360 e. The molecule has 0 aliphatic heterocycles. The molecule has 1 amide bonds. The second kappa shape index (κ2) is 6.96. The van der Waals surface area contributed by atoms with Crippen molar-refractivity contribution < 1.29 is 14.1 Å². The summed E-state index contributed by atoms with van der Waals surface area (Å²) >= 11 is 0. The second-order valence-corrected chi connectivity index (χ2v) is 5.47. The number of ketones is 1. The quantitative estimate of drug-likeness (QED) is 0.691. The van der Waals surface area contributed by atoms with E-state index < -0.39 is 0 Å². The van der Waals surface area contributed by atoms with Crippen molar-refractivity contribution in [1.29, 1.82) is 0 Å². The molecule has 0 aliphatic carbocycles. The van der Waals surface area contributed by atoms with Crippen LogP contribution >= 0.6 is 0 Å². The molecule has 0 unspecified atom stereocenters. The monoisotopic (exact) mass is 336 g/mol. The summed E-state index contributed by atoms with van der Waals surface area (Å²) in [5, 5.41) is 9.47. The Labute approximate surface area is 144 Å². The van der Waals surface area contributed by atoms with E-state index in [1.165, 1.54) is 6.92 Å². The summed E-state index contributed by atoms with van der Waals surface area (Å²) in [6.07, 6.45) is 1.56. The number of nitrogens with zero attached hydrogens (tertiary/aromatic N) is 2. The molecule has 2 heterocycles. The van der Waals surface area contributed by atoms with Crippen LogP contribution < -0.4 is 10.6 Å². The fraction of sp³-hybridized carbons (Fsp3) is 0.111. The average Bonchev–Trinajstić information content (AvgIpc) is 3.01. The number of hydrogen-bond donors (Lipinski definition) is 2. The van der Waals surface area contributed by atoms with Gasteiger partial charge in [0.05, 0.1) is 11.9 Å². The van der Waals surface area contributed by atoms with Crippen molar-refractivity contribution in [3.63, 3.8) is 0 Å². The maximum atomic E-state index is 12.1. The molecule has 2 aromatic heterocycles. The van der Waals surface area contributed by atoms with E-state index in [1.807, 2.05) is 12.1 Å². The molecule has 0 fully saturated rings. The zero-order valence-corrected chi connectivity index (χ0v) is 13.7. The van der Waals surface area contributed by atoms with E-state index in [0.717, 1.165) is 11.4 Å². The molecule has 0 atom stereocenters. The Hall–Kier alpha value is -3.48. The molecule has 3 rings (SSSR count). The third kappa shape index (κ3) is 4.08. The molecule has 2 N–H and O–H groups in total. The van der Waals surface area contributed by atoms with Gasteiger partial charge in [0.2, 0.25) is 0 Å². The summed E-state index contributed by atoms with van der Waals surface area (Å²) in [7, 11) is 0. The van der Waals surface area contributed by atoms with Crippen LogP contribution in [0.15, 0.2) is 53.2 Å². The van der Waals surface area contributed by atoms with Gasteiger partial charge in [0.25, 0.3) is 5.91 Å². The van der Waals surface area contributed by atoms with Gasteiger partial charge in [-0.2, -0.15) is 0 Å². The number of Topliss-reactive ketones (excluding diaryl/α,β-unsaturated/α-hetero) is 1. The topological polar surface area (TPSA) is 97.1 Å². The Bertz CT molecular complexity index is 899. The molecule has 0 bridgehead atoms. The molecule has 0 saturated heterocycles. The smallest absolute Gasteiger partial charge is 0.275 e. The summed E-state index contributed by atoms with van der Waals surface area (Å²) in [6, 6.07) is 12.1. The largest absolute Gasteiger partial charge is 0.360 e. The molecule has 0 radical (unpaired) electrons. The number of aryl methyl sites for hydroxylation is 1. The van der Waals surface area contributed by atoms with E-state index in [4.69, 9.17) is 4.52 Å². The predicted octanol–water partition coefficient (Wildman–Crippen LogP) is 3.58. The molecule has 25 heavy (non-hydrogen) atoms. The number of rotatable bonds is 5. The second-order valence-electron chi connectivity index (χ2n) is 5.47. The Kier molecular flexibility index (Phi) is 4.56.